The first-order valence-corrected chi connectivity index (χ1v) is 7.79. The summed E-state index contributed by atoms with van der Waals surface area (Å²) < 4.78 is 5.43. The van der Waals surface area contributed by atoms with Gasteiger partial charge in [0.2, 0.25) is 0 Å². The Balaban J connectivity index is 1.50. The summed E-state index contributed by atoms with van der Waals surface area (Å²) in [5.41, 5.74) is 3.96. The van der Waals surface area contributed by atoms with Crippen molar-refractivity contribution in [2.75, 3.05) is 18.4 Å². The maximum Gasteiger partial charge on any atom is 0.117 e. The van der Waals surface area contributed by atoms with Crippen LogP contribution in [0.5, 0.6) is 0 Å². The maximum absolute atomic E-state index is 5.43. The lowest BCUT2D eigenvalue weighted by Gasteiger charge is -2.32. The highest BCUT2D eigenvalue weighted by molar-refractivity contribution is 5.48. The third-order valence-corrected chi connectivity index (χ3v) is 4.42. The lowest BCUT2D eigenvalue weighted by Crippen LogP contribution is -2.38. The molecule has 0 saturated carbocycles. The summed E-state index contributed by atoms with van der Waals surface area (Å²) in [7, 11) is 0. The van der Waals surface area contributed by atoms with Crippen LogP contribution in [0.4, 0.5) is 5.69 Å². The Morgan fingerprint density at radius 3 is 2.62 bits per heavy atom. The first-order chi connectivity index (χ1) is 10.2. The highest BCUT2D eigenvalue weighted by atomic mass is 16.3. The fraction of sp³-hybridized carbons (Fsp3) is 0.444. The fourth-order valence-corrected chi connectivity index (χ4v) is 2.93. The Hall–Kier alpha value is -1.74. The van der Waals surface area contributed by atoms with Gasteiger partial charge in [-0.1, -0.05) is 6.07 Å². The zero-order chi connectivity index (χ0) is 14.7. The molecule has 0 spiro atoms. The number of hydrogen-bond acceptors (Lipinski definition) is 3. The molecular weight excluding hydrogens is 260 g/mol. The minimum Gasteiger partial charge on any atom is -0.468 e. The number of nitrogens with zero attached hydrogens (tertiary/aromatic N) is 1. The van der Waals surface area contributed by atoms with Crippen molar-refractivity contribution < 1.29 is 4.42 Å². The van der Waals surface area contributed by atoms with Crippen LogP contribution in [0.15, 0.2) is 41.0 Å². The van der Waals surface area contributed by atoms with Crippen LogP contribution in [-0.4, -0.2) is 24.0 Å². The molecule has 2 aromatic rings. The van der Waals surface area contributed by atoms with Gasteiger partial charge < -0.3 is 9.73 Å². The van der Waals surface area contributed by atoms with E-state index in [9.17, 15) is 0 Å². The molecule has 3 heteroatoms. The summed E-state index contributed by atoms with van der Waals surface area (Å²) in [6.45, 7) is 7.52. The third-order valence-electron chi connectivity index (χ3n) is 4.42. The summed E-state index contributed by atoms with van der Waals surface area (Å²) in [6.07, 6.45) is 4.13. The van der Waals surface area contributed by atoms with E-state index < -0.39 is 0 Å². The van der Waals surface area contributed by atoms with Gasteiger partial charge >= 0.3 is 0 Å². The van der Waals surface area contributed by atoms with Crippen molar-refractivity contribution in [2.45, 2.75) is 39.3 Å². The number of piperidine rings is 1. The summed E-state index contributed by atoms with van der Waals surface area (Å²) >= 11 is 0. The van der Waals surface area contributed by atoms with Gasteiger partial charge in [-0.05, 0) is 62.1 Å². The van der Waals surface area contributed by atoms with Crippen LogP contribution in [-0.2, 0) is 6.54 Å². The van der Waals surface area contributed by atoms with E-state index in [1.165, 1.54) is 29.7 Å². The number of aryl methyl sites for hydroxylation is 2. The quantitative estimate of drug-likeness (QED) is 0.920. The van der Waals surface area contributed by atoms with E-state index in [0.29, 0.717) is 6.04 Å². The minimum atomic E-state index is 0.583. The summed E-state index contributed by atoms with van der Waals surface area (Å²) in [4.78, 5) is 2.47. The fourth-order valence-electron chi connectivity index (χ4n) is 2.93. The second-order valence-corrected chi connectivity index (χ2v) is 6.07. The van der Waals surface area contributed by atoms with Crippen LogP contribution >= 0.6 is 0 Å². The summed E-state index contributed by atoms with van der Waals surface area (Å²) in [5.74, 6) is 1.07. The number of likely N-dealkylation sites (tertiary alicyclic amines) is 1. The van der Waals surface area contributed by atoms with Crippen LogP contribution in [0.3, 0.4) is 0 Å². The molecule has 112 valence electrons. The van der Waals surface area contributed by atoms with Gasteiger partial charge in [0.25, 0.3) is 0 Å². The van der Waals surface area contributed by atoms with Gasteiger partial charge in [0.05, 0.1) is 12.8 Å². The molecule has 0 amide bonds. The van der Waals surface area contributed by atoms with Gasteiger partial charge in [-0.25, -0.2) is 0 Å². The molecule has 1 aromatic carbocycles. The topological polar surface area (TPSA) is 28.4 Å². The molecule has 0 aliphatic carbocycles. The second-order valence-electron chi connectivity index (χ2n) is 6.07. The van der Waals surface area contributed by atoms with Crippen molar-refractivity contribution in [1.82, 2.24) is 4.90 Å². The van der Waals surface area contributed by atoms with Gasteiger partial charge in [-0.15, -0.1) is 0 Å². The zero-order valence-corrected chi connectivity index (χ0v) is 12.9. The summed E-state index contributed by atoms with van der Waals surface area (Å²) in [5, 5.41) is 3.68. The molecule has 1 N–H and O–H groups in total. The first kappa shape index (κ1) is 14.2. The van der Waals surface area contributed by atoms with E-state index in [1.54, 1.807) is 6.26 Å². The molecule has 2 heterocycles. The first-order valence-electron chi connectivity index (χ1n) is 7.79. The van der Waals surface area contributed by atoms with E-state index in [4.69, 9.17) is 4.42 Å². The molecule has 3 rings (SSSR count). The lowest BCUT2D eigenvalue weighted by molar-refractivity contribution is 0.197. The molecular formula is C18H24N2O. The Morgan fingerprint density at radius 2 is 1.95 bits per heavy atom. The SMILES string of the molecule is Cc1ccc(NC2CCN(Cc3ccco3)CC2)cc1C. The number of hydrogen-bond donors (Lipinski definition) is 1. The molecule has 1 aliphatic heterocycles. The average molecular weight is 284 g/mol. The van der Waals surface area contributed by atoms with Crippen LogP contribution in [0, 0.1) is 13.8 Å². The van der Waals surface area contributed by atoms with E-state index in [0.717, 1.165) is 25.4 Å². The van der Waals surface area contributed by atoms with Crippen LogP contribution in [0.2, 0.25) is 0 Å². The van der Waals surface area contributed by atoms with E-state index in [-0.39, 0.29) is 0 Å². The Morgan fingerprint density at radius 1 is 1.14 bits per heavy atom. The molecule has 1 saturated heterocycles. The minimum absolute atomic E-state index is 0.583. The zero-order valence-electron chi connectivity index (χ0n) is 12.9. The predicted octanol–water partition coefficient (Wildman–Crippen LogP) is 3.97. The highest BCUT2D eigenvalue weighted by Gasteiger charge is 2.19. The number of anilines is 1. The van der Waals surface area contributed by atoms with Crippen molar-refractivity contribution in [2.24, 2.45) is 0 Å². The van der Waals surface area contributed by atoms with Crippen molar-refractivity contribution in [1.29, 1.82) is 0 Å². The van der Waals surface area contributed by atoms with Crippen molar-refractivity contribution in [3.8, 4) is 0 Å². The number of rotatable bonds is 4. The molecule has 21 heavy (non-hydrogen) atoms. The molecule has 0 bridgehead atoms. The second kappa shape index (κ2) is 6.35. The highest BCUT2D eigenvalue weighted by Crippen LogP contribution is 2.20. The largest absolute Gasteiger partial charge is 0.468 e. The molecule has 1 fully saturated rings. The summed E-state index contributed by atoms with van der Waals surface area (Å²) in [6, 6.07) is 11.2. The maximum atomic E-state index is 5.43. The van der Waals surface area contributed by atoms with E-state index in [2.05, 4.69) is 48.3 Å². The molecule has 0 atom stereocenters. The number of furan rings is 1. The average Bonchev–Trinajstić information content (AvgIpc) is 2.98. The van der Waals surface area contributed by atoms with Crippen LogP contribution < -0.4 is 5.32 Å². The molecule has 0 radical (unpaired) electrons. The van der Waals surface area contributed by atoms with Gasteiger partial charge in [-0.2, -0.15) is 0 Å². The van der Waals surface area contributed by atoms with Crippen molar-refractivity contribution >= 4 is 5.69 Å². The van der Waals surface area contributed by atoms with Crippen LogP contribution in [0.25, 0.3) is 0 Å². The van der Waals surface area contributed by atoms with E-state index in [1.807, 2.05) is 6.07 Å². The van der Waals surface area contributed by atoms with Gasteiger partial charge in [-0.3, -0.25) is 4.90 Å². The molecule has 1 aromatic heterocycles. The standard InChI is InChI=1S/C18H24N2O/c1-14-5-6-17(12-15(14)2)19-16-7-9-20(10-8-16)13-18-4-3-11-21-18/h3-6,11-12,16,19H,7-10,13H2,1-2H3. The van der Waals surface area contributed by atoms with Gasteiger partial charge in [0, 0.05) is 24.8 Å². The Labute approximate surface area is 127 Å². The Bertz CT molecular complexity index is 569. The number of benzene rings is 1. The third kappa shape index (κ3) is 3.67. The smallest absolute Gasteiger partial charge is 0.117 e. The molecule has 1 aliphatic rings. The van der Waals surface area contributed by atoms with Crippen LogP contribution in [0.1, 0.15) is 29.7 Å². The van der Waals surface area contributed by atoms with Crippen molar-refractivity contribution in [3.05, 3.63) is 53.5 Å². The lowest BCUT2D eigenvalue weighted by atomic mass is 10.0. The molecule has 0 unspecified atom stereocenters. The van der Waals surface area contributed by atoms with Gasteiger partial charge in [0.1, 0.15) is 5.76 Å². The monoisotopic (exact) mass is 284 g/mol. The predicted molar refractivity (Wildman–Crippen MR) is 86.5 cm³/mol. The molecule has 3 nitrogen and oxygen atoms in total. The normalized spacial score (nSPS) is 17.0. The number of nitrogens with one attached hydrogen (secondary N) is 1. The van der Waals surface area contributed by atoms with Gasteiger partial charge in [0.15, 0.2) is 0 Å². The van der Waals surface area contributed by atoms with E-state index >= 15 is 0 Å². The van der Waals surface area contributed by atoms with Crippen molar-refractivity contribution in [3.63, 3.8) is 0 Å². The Kier molecular flexibility index (Phi) is 4.30.